The smallest absolute Gasteiger partial charge is 0.0763 e. The summed E-state index contributed by atoms with van der Waals surface area (Å²) in [4.78, 5) is 4.61. The van der Waals surface area contributed by atoms with Gasteiger partial charge in [0.1, 0.15) is 0 Å². The summed E-state index contributed by atoms with van der Waals surface area (Å²) in [5.74, 6) is 0.785. The highest BCUT2D eigenvalue weighted by Crippen LogP contribution is 2.15. The summed E-state index contributed by atoms with van der Waals surface area (Å²) in [5, 5.41) is 10.1. The number of nitrogens with zero attached hydrogens (tertiary/aromatic N) is 2. The standard InChI is InChI=1S/C10H21BrN2O/c1-12-4-3-9(6-12)7-13(2)8-10(14)5-11/h9-10,14H,3-8H2,1-2H3. The Hall–Kier alpha value is 0.360. The molecule has 0 amide bonds. The molecule has 1 aliphatic heterocycles. The van der Waals surface area contributed by atoms with E-state index in [4.69, 9.17) is 0 Å². The number of halogens is 1. The Labute approximate surface area is 95.2 Å². The number of likely N-dealkylation sites (tertiary alicyclic amines) is 1. The summed E-state index contributed by atoms with van der Waals surface area (Å²) in [5.41, 5.74) is 0. The predicted octanol–water partition coefficient (Wildman–Crippen LogP) is 0.626. The topological polar surface area (TPSA) is 26.7 Å². The summed E-state index contributed by atoms with van der Waals surface area (Å²) < 4.78 is 0. The number of aliphatic hydroxyl groups is 1. The van der Waals surface area contributed by atoms with Gasteiger partial charge in [-0.1, -0.05) is 15.9 Å². The predicted molar refractivity (Wildman–Crippen MR) is 62.9 cm³/mol. The maximum Gasteiger partial charge on any atom is 0.0763 e. The molecule has 2 unspecified atom stereocenters. The summed E-state index contributed by atoms with van der Waals surface area (Å²) in [6.07, 6.45) is 1.06. The lowest BCUT2D eigenvalue weighted by atomic mass is 10.1. The van der Waals surface area contributed by atoms with Gasteiger partial charge in [-0.05, 0) is 33.0 Å². The summed E-state index contributed by atoms with van der Waals surface area (Å²) in [6, 6.07) is 0. The number of alkyl halides is 1. The number of likely N-dealkylation sites (N-methyl/N-ethyl adjacent to an activating group) is 1. The molecule has 1 N–H and O–H groups in total. The molecule has 3 nitrogen and oxygen atoms in total. The molecule has 0 bridgehead atoms. The molecule has 1 rings (SSSR count). The van der Waals surface area contributed by atoms with Gasteiger partial charge in [0.2, 0.25) is 0 Å². The van der Waals surface area contributed by atoms with Crippen molar-refractivity contribution >= 4 is 15.9 Å². The molecule has 0 aromatic rings. The Morgan fingerprint density at radius 2 is 2.36 bits per heavy atom. The number of aliphatic hydroxyl groups excluding tert-OH is 1. The van der Waals surface area contributed by atoms with Crippen LogP contribution in [0.15, 0.2) is 0 Å². The molecule has 4 heteroatoms. The third-order valence-electron chi connectivity index (χ3n) is 2.76. The Bertz CT molecular complexity index is 168. The van der Waals surface area contributed by atoms with Gasteiger partial charge in [0, 0.05) is 25.0 Å². The van der Waals surface area contributed by atoms with E-state index in [1.807, 2.05) is 0 Å². The summed E-state index contributed by atoms with van der Waals surface area (Å²) in [7, 11) is 4.26. The lowest BCUT2D eigenvalue weighted by Crippen LogP contribution is -2.34. The zero-order valence-corrected chi connectivity index (χ0v) is 10.7. The van der Waals surface area contributed by atoms with E-state index in [0.29, 0.717) is 5.33 Å². The van der Waals surface area contributed by atoms with E-state index in [9.17, 15) is 5.11 Å². The van der Waals surface area contributed by atoms with Crippen LogP contribution < -0.4 is 0 Å². The first-order valence-corrected chi connectivity index (χ1v) is 6.35. The summed E-state index contributed by atoms with van der Waals surface area (Å²) >= 11 is 3.28. The monoisotopic (exact) mass is 264 g/mol. The Morgan fingerprint density at radius 1 is 1.64 bits per heavy atom. The van der Waals surface area contributed by atoms with E-state index in [1.165, 1.54) is 19.5 Å². The van der Waals surface area contributed by atoms with Crippen LogP contribution in [0.3, 0.4) is 0 Å². The maximum absolute atomic E-state index is 9.46. The first-order valence-electron chi connectivity index (χ1n) is 5.23. The molecule has 1 fully saturated rings. The van der Waals surface area contributed by atoms with Gasteiger partial charge in [-0.2, -0.15) is 0 Å². The number of hydrogen-bond donors (Lipinski definition) is 1. The Kier molecular flexibility index (Phi) is 5.38. The van der Waals surface area contributed by atoms with Gasteiger partial charge in [0.05, 0.1) is 6.10 Å². The lowest BCUT2D eigenvalue weighted by Gasteiger charge is -2.22. The van der Waals surface area contributed by atoms with Gasteiger partial charge in [0.15, 0.2) is 0 Å². The summed E-state index contributed by atoms with van der Waals surface area (Å²) in [6.45, 7) is 4.30. The van der Waals surface area contributed by atoms with Crippen LogP contribution in [0.2, 0.25) is 0 Å². The molecule has 1 heterocycles. The van der Waals surface area contributed by atoms with Crippen molar-refractivity contribution in [1.29, 1.82) is 0 Å². The second-order valence-electron chi connectivity index (χ2n) is 4.45. The molecule has 0 aliphatic carbocycles. The van der Waals surface area contributed by atoms with Crippen LogP contribution in [0.25, 0.3) is 0 Å². The van der Waals surface area contributed by atoms with E-state index >= 15 is 0 Å². The first kappa shape index (κ1) is 12.4. The zero-order valence-electron chi connectivity index (χ0n) is 9.12. The minimum atomic E-state index is -0.237. The quantitative estimate of drug-likeness (QED) is 0.738. The van der Waals surface area contributed by atoms with Crippen molar-refractivity contribution in [2.75, 3.05) is 45.6 Å². The highest BCUT2D eigenvalue weighted by molar-refractivity contribution is 9.09. The van der Waals surface area contributed by atoms with Gasteiger partial charge in [-0.25, -0.2) is 0 Å². The van der Waals surface area contributed by atoms with E-state index in [-0.39, 0.29) is 6.10 Å². The highest BCUT2D eigenvalue weighted by atomic mass is 79.9. The average Bonchev–Trinajstić information content (AvgIpc) is 2.50. The zero-order chi connectivity index (χ0) is 10.6. The van der Waals surface area contributed by atoms with Crippen LogP contribution in [0, 0.1) is 5.92 Å². The van der Waals surface area contributed by atoms with Crippen LogP contribution in [0.4, 0.5) is 0 Å². The fourth-order valence-electron chi connectivity index (χ4n) is 2.10. The van der Waals surface area contributed by atoms with E-state index in [2.05, 4.69) is 39.8 Å². The normalized spacial score (nSPS) is 25.9. The average molecular weight is 265 g/mol. The van der Waals surface area contributed by atoms with E-state index in [0.717, 1.165) is 19.0 Å². The molecule has 0 saturated carbocycles. The Balaban J connectivity index is 2.16. The third-order valence-corrected chi connectivity index (χ3v) is 3.51. The molecule has 0 aromatic heterocycles. The molecule has 84 valence electrons. The second kappa shape index (κ2) is 6.05. The van der Waals surface area contributed by atoms with Crippen LogP contribution in [-0.2, 0) is 0 Å². The number of hydrogen-bond acceptors (Lipinski definition) is 3. The van der Waals surface area contributed by atoms with E-state index in [1.54, 1.807) is 0 Å². The van der Waals surface area contributed by atoms with Gasteiger partial charge in [0.25, 0.3) is 0 Å². The van der Waals surface area contributed by atoms with Crippen molar-refractivity contribution in [2.24, 2.45) is 5.92 Å². The van der Waals surface area contributed by atoms with Crippen molar-refractivity contribution in [2.45, 2.75) is 12.5 Å². The Morgan fingerprint density at radius 3 is 2.86 bits per heavy atom. The lowest BCUT2D eigenvalue weighted by molar-refractivity contribution is 0.137. The van der Waals surface area contributed by atoms with Crippen molar-refractivity contribution in [3.63, 3.8) is 0 Å². The molecule has 1 saturated heterocycles. The minimum absolute atomic E-state index is 0.237. The molecule has 0 radical (unpaired) electrons. The minimum Gasteiger partial charge on any atom is -0.391 e. The number of rotatable bonds is 5. The van der Waals surface area contributed by atoms with Gasteiger partial charge >= 0.3 is 0 Å². The van der Waals surface area contributed by atoms with Gasteiger partial charge in [-0.3, -0.25) is 0 Å². The molecular formula is C10H21BrN2O. The fraction of sp³-hybridized carbons (Fsp3) is 1.00. The van der Waals surface area contributed by atoms with Crippen molar-refractivity contribution in [1.82, 2.24) is 9.80 Å². The molecule has 14 heavy (non-hydrogen) atoms. The highest BCUT2D eigenvalue weighted by Gasteiger charge is 2.21. The van der Waals surface area contributed by atoms with Gasteiger partial charge < -0.3 is 14.9 Å². The van der Waals surface area contributed by atoms with Crippen molar-refractivity contribution in [3.05, 3.63) is 0 Å². The molecule has 0 spiro atoms. The molecule has 1 aliphatic rings. The largest absolute Gasteiger partial charge is 0.391 e. The third kappa shape index (κ3) is 4.26. The van der Waals surface area contributed by atoms with E-state index < -0.39 is 0 Å². The SMILES string of the molecule is CN1CCC(CN(C)CC(O)CBr)C1. The van der Waals surface area contributed by atoms with Crippen LogP contribution >= 0.6 is 15.9 Å². The van der Waals surface area contributed by atoms with Crippen molar-refractivity contribution < 1.29 is 5.11 Å². The fourth-order valence-corrected chi connectivity index (χ4v) is 2.30. The van der Waals surface area contributed by atoms with Crippen LogP contribution in [-0.4, -0.2) is 66.6 Å². The maximum atomic E-state index is 9.46. The molecular weight excluding hydrogens is 244 g/mol. The van der Waals surface area contributed by atoms with Crippen molar-refractivity contribution in [3.8, 4) is 0 Å². The molecule has 0 aromatic carbocycles. The van der Waals surface area contributed by atoms with Crippen LogP contribution in [0.1, 0.15) is 6.42 Å². The first-order chi connectivity index (χ1) is 6.61. The van der Waals surface area contributed by atoms with Crippen LogP contribution in [0.5, 0.6) is 0 Å². The molecule has 2 atom stereocenters. The van der Waals surface area contributed by atoms with Gasteiger partial charge in [-0.15, -0.1) is 0 Å². The second-order valence-corrected chi connectivity index (χ2v) is 5.09.